The highest BCUT2D eigenvalue weighted by Gasteiger charge is 2.17. The lowest BCUT2D eigenvalue weighted by Gasteiger charge is -2.03. The second kappa shape index (κ2) is 7.51. The van der Waals surface area contributed by atoms with Crippen molar-refractivity contribution in [2.45, 2.75) is 26.6 Å². The van der Waals surface area contributed by atoms with E-state index in [9.17, 15) is 14.9 Å². The predicted molar refractivity (Wildman–Crippen MR) is 89.0 cm³/mol. The molecule has 0 bridgehead atoms. The molecule has 3 aromatic heterocycles. The minimum atomic E-state index is -0.472. The molecule has 26 heavy (non-hydrogen) atoms. The number of hydrogen-bond donors (Lipinski definition) is 1. The van der Waals surface area contributed by atoms with Crippen LogP contribution in [-0.4, -0.2) is 40.4 Å². The molecule has 0 aliphatic carbocycles. The van der Waals surface area contributed by atoms with Gasteiger partial charge in [0.05, 0.1) is 19.3 Å². The molecule has 0 aliphatic heterocycles. The second-order valence-electron chi connectivity index (χ2n) is 5.44. The number of nitrogens with zero attached hydrogens (tertiary/aromatic N) is 7. The highest BCUT2D eigenvalue weighted by Crippen LogP contribution is 2.13. The lowest BCUT2D eigenvalue weighted by atomic mass is 10.3. The molecule has 134 valence electrons. The first-order valence-electron chi connectivity index (χ1n) is 7.79. The first kappa shape index (κ1) is 17.2. The number of nitrogens with one attached hydrogen (secondary N) is 1. The Kier molecular flexibility index (Phi) is 4.97. The van der Waals surface area contributed by atoms with Crippen LogP contribution < -0.4 is 5.32 Å². The molecule has 0 unspecified atom stereocenters. The first-order chi connectivity index (χ1) is 12.5. The third-order valence-electron chi connectivity index (χ3n) is 3.69. The molecule has 0 atom stereocenters. The van der Waals surface area contributed by atoms with Gasteiger partial charge in [0, 0.05) is 13.1 Å². The molecule has 0 aromatic carbocycles. The number of aryl methyl sites for hydroxylation is 2. The number of pyridine rings is 1. The summed E-state index contributed by atoms with van der Waals surface area (Å²) in [5.41, 5.74) is 0.897. The van der Waals surface area contributed by atoms with Gasteiger partial charge in [-0.3, -0.25) is 9.78 Å². The van der Waals surface area contributed by atoms with Crippen molar-refractivity contribution in [2.75, 3.05) is 0 Å². The zero-order valence-corrected chi connectivity index (χ0v) is 13.9. The van der Waals surface area contributed by atoms with Crippen LogP contribution in [-0.2, 0) is 19.6 Å². The van der Waals surface area contributed by atoms with Gasteiger partial charge < -0.3 is 15.4 Å². The molecular formula is C15H16N8O3. The van der Waals surface area contributed by atoms with Gasteiger partial charge in [-0.1, -0.05) is 11.3 Å². The Morgan fingerprint density at radius 3 is 2.88 bits per heavy atom. The molecule has 0 radical (unpaired) electrons. The van der Waals surface area contributed by atoms with E-state index in [2.05, 4.69) is 25.6 Å². The van der Waals surface area contributed by atoms with Crippen molar-refractivity contribution in [3.8, 4) is 0 Å². The second-order valence-corrected chi connectivity index (χ2v) is 5.44. The topological polar surface area (TPSA) is 134 Å². The predicted octanol–water partition coefficient (Wildman–Crippen LogP) is 0.716. The van der Waals surface area contributed by atoms with Crippen LogP contribution in [0.4, 0.5) is 5.82 Å². The van der Waals surface area contributed by atoms with Crippen molar-refractivity contribution in [1.82, 2.24) is 34.8 Å². The molecule has 3 rings (SSSR count). The highest BCUT2D eigenvalue weighted by atomic mass is 16.6. The number of aromatic nitrogens is 6. The number of rotatable bonds is 7. The summed E-state index contributed by atoms with van der Waals surface area (Å²) < 4.78 is 3.07. The van der Waals surface area contributed by atoms with E-state index >= 15 is 0 Å². The van der Waals surface area contributed by atoms with Crippen molar-refractivity contribution < 1.29 is 9.72 Å². The van der Waals surface area contributed by atoms with Gasteiger partial charge in [-0.25, -0.2) is 14.2 Å². The minimum Gasteiger partial charge on any atom is -0.358 e. The van der Waals surface area contributed by atoms with Crippen molar-refractivity contribution in [3.63, 3.8) is 0 Å². The van der Waals surface area contributed by atoms with Gasteiger partial charge in [-0.2, -0.15) is 0 Å². The molecule has 3 heterocycles. The van der Waals surface area contributed by atoms with Crippen molar-refractivity contribution in [2.24, 2.45) is 0 Å². The standard InChI is InChI=1S/C15H16N8O3/c1-11-17-9-14(23(25)26)22(11)7-6-21-10-12(19-20-21)8-18-15(24)13-4-2-3-5-16-13/h2-5,9-10H,6-8H2,1H3,(H,18,24). The van der Waals surface area contributed by atoms with Crippen molar-refractivity contribution >= 4 is 11.7 Å². The molecule has 3 aromatic rings. The Morgan fingerprint density at radius 1 is 1.31 bits per heavy atom. The Labute approximate surface area is 147 Å². The summed E-state index contributed by atoms with van der Waals surface area (Å²) in [5.74, 6) is 0.190. The van der Waals surface area contributed by atoms with Crippen LogP contribution in [0.2, 0.25) is 0 Å². The molecular weight excluding hydrogens is 340 g/mol. The maximum atomic E-state index is 11.9. The molecule has 0 aliphatic rings. The monoisotopic (exact) mass is 356 g/mol. The molecule has 11 heteroatoms. The van der Waals surface area contributed by atoms with E-state index in [1.807, 2.05) is 0 Å². The Bertz CT molecular complexity index is 918. The summed E-state index contributed by atoms with van der Waals surface area (Å²) in [6.45, 7) is 2.64. The summed E-state index contributed by atoms with van der Waals surface area (Å²) in [6.07, 6.45) is 4.45. The fourth-order valence-electron chi connectivity index (χ4n) is 2.37. The van der Waals surface area contributed by atoms with Crippen LogP contribution >= 0.6 is 0 Å². The quantitative estimate of drug-likeness (QED) is 0.487. The van der Waals surface area contributed by atoms with Gasteiger partial charge in [-0.05, 0) is 17.1 Å². The fourth-order valence-corrected chi connectivity index (χ4v) is 2.37. The highest BCUT2D eigenvalue weighted by molar-refractivity contribution is 5.92. The van der Waals surface area contributed by atoms with Gasteiger partial charge >= 0.3 is 5.82 Å². The lowest BCUT2D eigenvalue weighted by molar-refractivity contribution is -0.392. The third kappa shape index (κ3) is 3.88. The number of imidazole rings is 1. The number of hydrogen-bond acceptors (Lipinski definition) is 7. The summed E-state index contributed by atoms with van der Waals surface area (Å²) in [4.78, 5) is 30.4. The molecule has 0 fully saturated rings. The molecule has 1 amide bonds. The molecule has 0 saturated heterocycles. The van der Waals surface area contributed by atoms with Gasteiger partial charge in [-0.15, -0.1) is 5.10 Å². The van der Waals surface area contributed by atoms with E-state index in [0.29, 0.717) is 30.3 Å². The molecule has 11 nitrogen and oxygen atoms in total. The average molecular weight is 356 g/mol. The Morgan fingerprint density at radius 2 is 2.15 bits per heavy atom. The number of amides is 1. The van der Waals surface area contributed by atoms with Crippen molar-refractivity contribution in [3.05, 3.63) is 64.1 Å². The van der Waals surface area contributed by atoms with Gasteiger partial charge in [0.15, 0.2) is 5.82 Å². The van der Waals surface area contributed by atoms with E-state index in [-0.39, 0.29) is 18.3 Å². The maximum Gasteiger partial charge on any atom is 0.342 e. The summed E-state index contributed by atoms with van der Waals surface area (Å²) in [7, 11) is 0. The average Bonchev–Trinajstić information content (AvgIpc) is 3.25. The van der Waals surface area contributed by atoms with Crippen LogP contribution in [0.25, 0.3) is 0 Å². The van der Waals surface area contributed by atoms with Crippen LogP contribution in [0, 0.1) is 17.0 Å². The van der Waals surface area contributed by atoms with Gasteiger partial charge in [0.25, 0.3) is 5.91 Å². The number of carbonyl (C=O) groups is 1. The maximum absolute atomic E-state index is 11.9. The number of carbonyl (C=O) groups excluding carboxylic acids is 1. The van der Waals surface area contributed by atoms with Crippen LogP contribution in [0.15, 0.2) is 36.8 Å². The molecule has 1 N–H and O–H groups in total. The van der Waals surface area contributed by atoms with E-state index in [4.69, 9.17) is 0 Å². The SMILES string of the molecule is Cc1ncc([N+](=O)[O-])n1CCn1cc(CNC(=O)c2ccccn2)nn1. The first-order valence-corrected chi connectivity index (χ1v) is 7.79. The Balaban J connectivity index is 1.56. The zero-order valence-electron chi connectivity index (χ0n) is 13.9. The van der Waals surface area contributed by atoms with Gasteiger partial charge in [0.2, 0.25) is 0 Å². The van der Waals surface area contributed by atoms with E-state index in [1.165, 1.54) is 10.8 Å². The van der Waals surface area contributed by atoms with Crippen molar-refractivity contribution in [1.29, 1.82) is 0 Å². The van der Waals surface area contributed by atoms with Gasteiger partial charge in [0.1, 0.15) is 24.1 Å². The summed E-state index contributed by atoms with van der Waals surface area (Å²) in [5, 5.41) is 21.6. The smallest absolute Gasteiger partial charge is 0.342 e. The van der Waals surface area contributed by atoms with E-state index in [1.54, 1.807) is 42.2 Å². The van der Waals surface area contributed by atoms with E-state index in [0.717, 1.165) is 0 Å². The molecule has 0 saturated carbocycles. The molecule has 0 spiro atoms. The van der Waals surface area contributed by atoms with Crippen LogP contribution in [0.1, 0.15) is 22.0 Å². The Hall–Kier alpha value is -3.63. The van der Waals surface area contributed by atoms with E-state index < -0.39 is 4.92 Å². The van der Waals surface area contributed by atoms with Crippen LogP contribution in [0.3, 0.4) is 0 Å². The summed E-state index contributed by atoms with van der Waals surface area (Å²) >= 11 is 0. The largest absolute Gasteiger partial charge is 0.358 e. The third-order valence-corrected chi connectivity index (χ3v) is 3.69. The van der Waals surface area contributed by atoms with Crippen LogP contribution in [0.5, 0.6) is 0 Å². The fraction of sp³-hybridized carbons (Fsp3) is 0.267. The lowest BCUT2D eigenvalue weighted by Crippen LogP contribution is -2.23. The number of nitro groups is 1. The summed E-state index contributed by atoms with van der Waals surface area (Å²) in [6, 6.07) is 5.08. The zero-order chi connectivity index (χ0) is 18.5. The normalized spacial score (nSPS) is 10.7. The minimum absolute atomic E-state index is 0.0644.